The van der Waals surface area contributed by atoms with Gasteiger partial charge >= 0.3 is 23.5 Å². The number of nitrogen functional groups attached to an aromatic ring is 1. The van der Waals surface area contributed by atoms with E-state index in [4.69, 9.17) is 30.6 Å². The van der Waals surface area contributed by atoms with E-state index >= 15 is 0 Å². The van der Waals surface area contributed by atoms with Gasteiger partial charge in [0.05, 0.1) is 30.7 Å². The molecule has 0 radical (unpaired) electrons. The van der Waals surface area contributed by atoms with E-state index in [1.54, 1.807) is 0 Å². The lowest BCUT2D eigenvalue weighted by Gasteiger charge is -2.22. The van der Waals surface area contributed by atoms with Crippen molar-refractivity contribution in [3.63, 3.8) is 0 Å². The molecule has 1 aliphatic heterocycles. The minimum atomic E-state index is -5.58. The fraction of sp³-hybridized carbons (Fsp3) is 0.615. The first-order chi connectivity index (χ1) is 15.1. The van der Waals surface area contributed by atoms with Crippen LogP contribution in [0.15, 0.2) is 4.79 Å². The van der Waals surface area contributed by atoms with Gasteiger partial charge in [0.1, 0.15) is 5.82 Å². The van der Waals surface area contributed by atoms with E-state index in [-0.39, 0.29) is 30.0 Å². The van der Waals surface area contributed by atoms with Gasteiger partial charge in [-0.25, -0.2) is 13.7 Å². The number of nitrogens with one attached hydrogen (secondary N) is 2. The number of ether oxygens (including phenoxy) is 1. The Morgan fingerprint density at radius 2 is 1.85 bits per heavy atom. The van der Waals surface area contributed by atoms with Crippen molar-refractivity contribution in [2.45, 2.75) is 38.4 Å². The van der Waals surface area contributed by atoms with Crippen LogP contribution in [0.1, 0.15) is 24.8 Å². The van der Waals surface area contributed by atoms with Crippen LogP contribution in [-0.2, 0) is 31.6 Å². The van der Waals surface area contributed by atoms with Crippen LogP contribution in [0.2, 0.25) is 0 Å². The van der Waals surface area contributed by atoms with Gasteiger partial charge in [0.2, 0.25) is 5.95 Å². The number of hydrogen-bond acceptors (Lipinski definition) is 11. The predicted molar refractivity (Wildman–Crippen MR) is 112 cm³/mol. The Balaban J connectivity index is 1.86. The molecule has 0 spiro atoms. The molecule has 1 aromatic rings. The normalized spacial score (nSPS) is 22.5. The van der Waals surface area contributed by atoms with E-state index < -0.39 is 41.7 Å². The zero-order valence-corrected chi connectivity index (χ0v) is 19.8. The maximum atomic E-state index is 11.8. The summed E-state index contributed by atoms with van der Waals surface area (Å²) in [5.74, 6) is 0.115. The third kappa shape index (κ3) is 9.00. The van der Waals surface area contributed by atoms with E-state index in [0.717, 1.165) is 6.34 Å². The second-order valence-corrected chi connectivity index (χ2v) is 11.3. The molecule has 1 fully saturated rings. The highest BCUT2D eigenvalue weighted by Crippen LogP contribution is 2.66. The lowest BCUT2D eigenvalue weighted by Crippen LogP contribution is -2.30. The summed E-state index contributed by atoms with van der Waals surface area (Å²) in [4.78, 5) is 55.3. The van der Waals surface area contributed by atoms with Crippen molar-refractivity contribution in [1.29, 1.82) is 5.41 Å². The van der Waals surface area contributed by atoms with Crippen LogP contribution in [0.4, 0.5) is 11.8 Å². The average molecular weight is 535 g/mol. The third-order valence-corrected chi connectivity index (χ3v) is 8.10. The number of anilines is 2. The Morgan fingerprint density at radius 3 is 2.45 bits per heavy atom. The molecule has 2 rings (SSSR count). The predicted octanol–water partition coefficient (Wildman–Crippen LogP) is 0.355. The summed E-state index contributed by atoms with van der Waals surface area (Å²) in [5, 5.41) is 7.58. The zero-order valence-electron chi connectivity index (χ0n) is 17.1. The van der Waals surface area contributed by atoms with Gasteiger partial charge in [-0.15, -0.1) is 0 Å². The number of aromatic nitrogens is 2. The van der Waals surface area contributed by atoms with Crippen molar-refractivity contribution in [3.8, 4) is 0 Å². The molecule has 0 aliphatic carbocycles. The maximum absolute atomic E-state index is 11.8. The van der Waals surface area contributed by atoms with Crippen molar-refractivity contribution in [2.75, 3.05) is 23.8 Å². The molecule has 0 saturated carbocycles. The smallest absolute Gasteiger partial charge is 0.373 e. The summed E-state index contributed by atoms with van der Waals surface area (Å²) in [7, 11) is -16.3. The number of rotatable bonds is 12. The Bertz CT molecular complexity index is 1060. The molecule has 1 saturated heterocycles. The first-order valence-corrected chi connectivity index (χ1v) is 13.7. The summed E-state index contributed by atoms with van der Waals surface area (Å²) < 4.78 is 51.2. The molecule has 8 N–H and O–H groups in total. The highest BCUT2D eigenvalue weighted by molar-refractivity contribution is 7.66. The van der Waals surface area contributed by atoms with Crippen LogP contribution in [0.5, 0.6) is 0 Å². The monoisotopic (exact) mass is 535 g/mol. The quantitative estimate of drug-likeness (QED) is 0.108. The number of nitrogens with zero attached hydrogens (tertiary/aromatic N) is 2. The van der Waals surface area contributed by atoms with Gasteiger partial charge in [-0.3, -0.25) is 19.7 Å². The van der Waals surface area contributed by atoms with E-state index in [9.17, 15) is 23.4 Å². The highest BCUT2D eigenvalue weighted by atomic mass is 31.3. The molecule has 4 unspecified atom stereocenters. The molecule has 17 nitrogen and oxygen atoms in total. The van der Waals surface area contributed by atoms with E-state index in [1.165, 1.54) is 11.8 Å². The molecule has 2 heterocycles. The fourth-order valence-electron chi connectivity index (χ4n) is 2.93. The van der Waals surface area contributed by atoms with Crippen LogP contribution in [-0.4, -0.2) is 61.2 Å². The number of H-pyrrole nitrogens is 1. The first-order valence-electron chi connectivity index (χ1n) is 9.18. The summed E-state index contributed by atoms with van der Waals surface area (Å²) in [6.07, 6.45) is 1.23. The first kappa shape index (κ1) is 27.8. The molecule has 33 heavy (non-hydrogen) atoms. The second kappa shape index (κ2) is 10.8. The van der Waals surface area contributed by atoms with Crippen molar-refractivity contribution in [3.05, 3.63) is 15.9 Å². The zero-order chi connectivity index (χ0) is 25.0. The van der Waals surface area contributed by atoms with Crippen molar-refractivity contribution in [2.24, 2.45) is 0 Å². The summed E-state index contributed by atoms with van der Waals surface area (Å²) >= 11 is 0. The Labute approximate surface area is 186 Å². The minimum absolute atomic E-state index is 0.101. The van der Waals surface area contributed by atoms with Crippen LogP contribution >= 0.6 is 23.5 Å². The van der Waals surface area contributed by atoms with Gasteiger partial charge in [-0.05, 0) is 26.2 Å². The lowest BCUT2D eigenvalue weighted by molar-refractivity contribution is 0.00882. The Hall–Kier alpha value is -1.48. The van der Waals surface area contributed by atoms with Gasteiger partial charge in [0.15, 0.2) is 0 Å². The van der Waals surface area contributed by atoms with Crippen LogP contribution in [0.25, 0.3) is 0 Å². The molecule has 188 valence electrons. The fourth-order valence-corrected chi connectivity index (χ4v) is 5.98. The van der Waals surface area contributed by atoms with Gasteiger partial charge in [0, 0.05) is 6.54 Å². The minimum Gasteiger partial charge on any atom is -0.373 e. The van der Waals surface area contributed by atoms with Crippen molar-refractivity contribution < 1.29 is 51.2 Å². The van der Waals surface area contributed by atoms with E-state index in [2.05, 4.69) is 23.1 Å². The molecule has 0 aromatic carbocycles. The third-order valence-electron chi connectivity index (χ3n) is 4.30. The molecular weight excluding hydrogens is 511 g/mol. The van der Waals surface area contributed by atoms with Crippen molar-refractivity contribution >= 4 is 41.6 Å². The number of phosphoric acid groups is 3. The van der Waals surface area contributed by atoms with Gasteiger partial charge < -0.3 is 34.9 Å². The Kier molecular flexibility index (Phi) is 9.12. The van der Waals surface area contributed by atoms with Crippen LogP contribution in [0.3, 0.4) is 0 Å². The standard InChI is InChI=1S/C13H24N5O12P3/c1-8-11(16-13(15)17-12(8)19)18(7-14)5-4-9-2-3-10(28-9)6-27-32(23,24)30-33(25,26)29-31(20,21)22/h7,9-10,14H,2-6H2,1H3,(H,23,24)(H,25,26)(H2,20,21,22)(H3,15,16,17,19). The van der Waals surface area contributed by atoms with Gasteiger partial charge in [-0.2, -0.15) is 13.6 Å². The topological polar surface area (TPSA) is 268 Å². The average Bonchev–Trinajstić information content (AvgIpc) is 3.09. The second-order valence-electron chi connectivity index (χ2n) is 6.86. The molecule has 0 amide bonds. The molecule has 20 heteroatoms. The summed E-state index contributed by atoms with van der Waals surface area (Å²) in [6, 6.07) is 0. The molecule has 4 atom stereocenters. The van der Waals surface area contributed by atoms with Crippen molar-refractivity contribution in [1.82, 2.24) is 9.97 Å². The lowest BCUT2D eigenvalue weighted by atomic mass is 10.1. The highest BCUT2D eigenvalue weighted by Gasteiger charge is 2.41. The van der Waals surface area contributed by atoms with E-state index in [0.29, 0.717) is 19.3 Å². The molecule has 1 aromatic heterocycles. The van der Waals surface area contributed by atoms with Gasteiger partial charge in [-0.1, -0.05) is 0 Å². The summed E-state index contributed by atoms with van der Waals surface area (Å²) in [5.41, 5.74) is 5.39. The molecule has 0 bridgehead atoms. The molecular formula is C13H24N5O12P3. The largest absolute Gasteiger partial charge is 0.490 e. The maximum Gasteiger partial charge on any atom is 0.490 e. The number of phosphoric ester groups is 1. The number of nitrogens with two attached hydrogens (primary N) is 1. The molecule has 1 aliphatic rings. The SMILES string of the molecule is Cc1c(N(C=N)CCC2CCC(COP(=O)(O)OP(=O)(O)OP(=O)(O)O)O2)nc(N)[nH]c1=O. The van der Waals surface area contributed by atoms with Crippen LogP contribution < -0.4 is 16.2 Å². The van der Waals surface area contributed by atoms with Gasteiger partial charge in [0.25, 0.3) is 5.56 Å². The number of aromatic amines is 1. The summed E-state index contributed by atoms with van der Waals surface area (Å²) in [6.45, 7) is 1.25. The van der Waals surface area contributed by atoms with E-state index in [1.807, 2.05) is 0 Å². The number of hydrogen-bond donors (Lipinski definition) is 7. The van der Waals surface area contributed by atoms with Crippen LogP contribution in [0, 0.1) is 12.3 Å². The Morgan fingerprint density at radius 1 is 1.21 bits per heavy atom.